The fourth-order valence-electron chi connectivity index (χ4n) is 1.64. The van der Waals surface area contributed by atoms with Gasteiger partial charge in [-0.25, -0.2) is 0 Å². The zero-order chi connectivity index (χ0) is 12.3. The standard InChI is InChI=1S/C14H17NOS/c1-10(15-2)13-8-9-14(17-13)11-4-6-12(16-3)7-5-11/h4-10,15H,1-3H3. The van der Waals surface area contributed by atoms with Crippen LogP contribution < -0.4 is 10.1 Å². The maximum Gasteiger partial charge on any atom is 0.118 e. The molecule has 0 aliphatic rings. The Kier molecular flexibility index (Phi) is 3.82. The molecule has 2 nitrogen and oxygen atoms in total. The summed E-state index contributed by atoms with van der Waals surface area (Å²) in [7, 11) is 3.67. The zero-order valence-corrected chi connectivity index (χ0v) is 11.2. The Balaban J connectivity index is 2.24. The van der Waals surface area contributed by atoms with Crippen molar-refractivity contribution in [1.82, 2.24) is 5.32 Å². The summed E-state index contributed by atoms with van der Waals surface area (Å²) < 4.78 is 5.16. The lowest BCUT2D eigenvalue weighted by atomic mass is 10.2. The van der Waals surface area contributed by atoms with Crippen molar-refractivity contribution in [1.29, 1.82) is 0 Å². The van der Waals surface area contributed by atoms with Gasteiger partial charge in [-0.15, -0.1) is 11.3 Å². The predicted molar refractivity (Wildman–Crippen MR) is 73.8 cm³/mol. The molecule has 0 amide bonds. The van der Waals surface area contributed by atoms with Crippen LogP contribution in [0, 0.1) is 0 Å². The highest BCUT2D eigenvalue weighted by atomic mass is 32.1. The van der Waals surface area contributed by atoms with Gasteiger partial charge in [0.15, 0.2) is 0 Å². The first-order valence-electron chi connectivity index (χ1n) is 5.66. The molecule has 17 heavy (non-hydrogen) atoms. The first-order chi connectivity index (χ1) is 8.24. The molecule has 0 bridgehead atoms. The van der Waals surface area contributed by atoms with Crippen LogP contribution in [0.4, 0.5) is 0 Å². The molecule has 1 aromatic carbocycles. The molecular formula is C14H17NOS. The van der Waals surface area contributed by atoms with E-state index in [-0.39, 0.29) is 0 Å². The van der Waals surface area contributed by atoms with Crippen LogP contribution in [0.25, 0.3) is 10.4 Å². The van der Waals surface area contributed by atoms with E-state index in [1.807, 2.05) is 30.5 Å². The maximum absolute atomic E-state index is 5.16. The second-order valence-electron chi connectivity index (χ2n) is 3.94. The van der Waals surface area contributed by atoms with Crippen molar-refractivity contribution >= 4 is 11.3 Å². The van der Waals surface area contributed by atoms with Gasteiger partial charge in [-0.1, -0.05) is 0 Å². The molecule has 0 aliphatic carbocycles. The molecule has 1 unspecified atom stereocenters. The van der Waals surface area contributed by atoms with E-state index in [1.165, 1.54) is 15.3 Å². The van der Waals surface area contributed by atoms with E-state index in [0.29, 0.717) is 6.04 Å². The third-order valence-corrected chi connectivity index (χ3v) is 4.18. The quantitative estimate of drug-likeness (QED) is 0.889. The van der Waals surface area contributed by atoms with E-state index >= 15 is 0 Å². The molecule has 0 saturated carbocycles. The SMILES string of the molecule is CNC(C)c1ccc(-c2ccc(OC)cc2)s1. The lowest BCUT2D eigenvalue weighted by Crippen LogP contribution is -2.10. The number of ether oxygens (including phenoxy) is 1. The van der Waals surface area contributed by atoms with Gasteiger partial charge in [0.2, 0.25) is 0 Å². The van der Waals surface area contributed by atoms with Crippen LogP contribution in [0.1, 0.15) is 17.8 Å². The first-order valence-corrected chi connectivity index (χ1v) is 6.47. The molecule has 1 atom stereocenters. The molecule has 90 valence electrons. The number of methoxy groups -OCH3 is 1. The Morgan fingerprint density at radius 1 is 1.12 bits per heavy atom. The van der Waals surface area contributed by atoms with Crippen molar-refractivity contribution in [3.63, 3.8) is 0 Å². The minimum absolute atomic E-state index is 0.409. The molecule has 2 rings (SSSR count). The van der Waals surface area contributed by atoms with Crippen LogP contribution in [0.3, 0.4) is 0 Å². The number of thiophene rings is 1. The minimum Gasteiger partial charge on any atom is -0.497 e. The van der Waals surface area contributed by atoms with Gasteiger partial charge >= 0.3 is 0 Å². The summed E-state index contributed by atoms with van der Waals surface area (Å²) in [5.74, 6) is 0.897. The molecule has 0 spiro atoms. The summed E-state index contributed by atoms with van der Waals surface area (Å²) in [6.45, 7) is 2.17. The molecule has 2 aromatic rings. The summed E-state index contributed by atoms with van der Waals surface area (Å²) in [5.41, 5.74) is 1.24. The van der Waals surface area contributed by atoms with Crippen molar-refractivity contribution < 1.29 is 4.74 Å². The Morgan fingerprint density at radius 2 is 1.82 bits per heavy atom. The van der Waals surface area contributed by atoms with Crippen LogP contribution in [0.5, 0.6) is 5.75 Å². The normalized spacial score (nSPS) is 12.4. The molecule has 1 aromatic heterocycles. The molecule has 0 saturated heterocycles. The van der Waals surface area contributed by atoms with Gasteiger partial charge in [-0.2, -0.15) is 0 Å². The Hall–Kier alpha value is -1.32. The van der Waals surface area contributed by atoms with Gasteiger partial charge in [-0.3, -0.25) is 0 Å². The van der Waals surface area contributed by atoms with Crippen molar-refractivity contribution in [2.75, 3.05) is 14.2 Å². The summed E-state index contributed by atoms with van der Waals surface area (Å²) in [6, 6.07) is 13.0. The first kappa shape index (κ1) is 12.1. The number of rotatable bonds is 4. The van der Waals surface area contributed by atoms with Gasteiger partial charge in [0.1, 0.15) is 5.75 Å². The number of benzene rings is 1. The molecule has 0 fully saturated rings. The number of hydrogen-bond acceptors (Lipinski definition) is 3. The van der Waals surface area contributed by atoms with Gasteiger partial charge in [0.25, 0.3) is 0 Å². The highest BCUT2D eigenvalue weighted by molar-refractivity contribution is 7.15. The second kappa shape index (κ2) is 5.34. The second-order valence-corrected chi connectivity index (χ2v) is 5.06. The average molecular weight is 247 g/mol. The summed E-state index contributed by atoms with van der Waals surface area (Å²) in [5, 5.41) is 3.25. The Labute approximate surface area is 106 Å². The predicted octanol–water partition coefficient (Wildman–Crippen LogP) is 3.70. The van der Waals surface area contributed by atoms with E-state index in [2.05, 4.69) is 36.5 Å². The summed E-state index contributed by atoms with van der Waals surface area (Å²) in [6.07, 6.45) is 0. The highest BCUT2D eigenvalue weighted by Crippen LogP contribution is 2.31. The lowest BCUT2D eigenvalue weighted by molar-refractivity contribution is 0.415. The average Bonchev–Trinajstić information content (AvgIpc) is 2.87. The van der Waals surface area contributed by atoms with Crippen LogP contribution in [-0.4, -0.2) is 14.2 Å². The van der Waals surface area contributed by atoms with Gasteiger partial charge in [0.05, 0.1) is 7.11 Å². The van der Waals surface area contributed by atoms with Crippen LogP contribution >= 0.6 is 11.3 Å². The highest BCUT2D eigenvalue weighted by Gasteiger charge is 2.07. The molecule has 1 N–H and O–H groups in total. The molecule has 0 aliphatic heterocycles. The zero-order valence-electron chi connectivity index (χ0n) is 10.4. The van der Waals surface area contributed by atoms with Crippen LogP contribution in [0.15, 0.2) is 36.4 Å². The molecule has 0 radical (unpaired) electrons. The Morgan fingerprint density at radius 3 is 2.41 bits per heavy atom. The van der Waals surface area contributed by atoms with Gasteiger partial charge < -0.3 is 10.1 Å². The summed E-state index contributed by atoms with van der Waals surface area (Å²) >= 11 is 1.83. The molecule has 1 heterocycles. The third-order valence-electron chi connectivity index (χ3n) is 2.86. The topological polar surface area (TPSA) is 21.3 Å². The fraction of sp³-hybridized carbons (Fsp3) is 0.286. The van der Waals surface area contributed by atoms with Crippen molar-refractivity contribution in [2.24, 2.45) is 0 Å². The van der Waals surface area contributed by atoms with E-state index in [0.717, 1.165) is 5.75 Å². The van der Waals surface area contributed by atoms with Gasteiger partial charge in [0, 0.05) is 15.8 Å². The largest absolute Gasteiger partial charge is 0.497 e. The van der Waals surface area contributed by atoms with E-state index < -0.39 is 0 Å². The third kappa shape index (κ3) is 2.68. The minimum atomic E-state index is 0.409. The Bertz CT molecular complexity index is 475. The smallest absolute Gasteiger partial charge is 0.118 e. The number of nitrogens with one attached hydrogen (secondary N) is 1. The van der Waals surface area contributed by atoms with E-state index in [9.17, 15) is 0 Å². The molecule has 3 heteroatoms. The lowest BCUT2D eigenvalue weighted by Gasteiger charge is -2.06. The van der Waals surface area contributed by atoms with Crippen molar-refractivity contribution in [2.45, 2.75) is 13.0 Å². The number of hydrogen-bond donors (Lipinski definition) is 1. The fourth-order valence-corrected chi connectivity index (χ4v) is 2.71. The van der Waals surface area contributed by atoms with E-state index in [1.54, 1.807) is 7.11 Å². The molecular weight excluding hydrogens is 230 g/mol. The monoisotopic (exact) mass is 247 g/mol. The van der Waals surface area contributed by atoms with Crippen LogP contribution in [0.2, 0.25) is 0 Å². The van der Waals surface area contributed by atoms with Crippen molar-refractivity contribution in [3.05, 3.63) is 41.3 Å². The van der Waals surface area contributed by atoms with Crippen LogP contribution in [-0.2, 0) is 0 Å². The van der Waals surface area contributed by atoms with Crippen molar-refractivity contribution in [3.8, 4) is 16.2 Å². The summed E-state index contributed by atoms with van der Waals surface area (Å²) in [4.78, 5) is 2.66. The van der Waals surface area contributed by atoms with Gasteiger partial charge in [-0.05, 0) is 55.9 Å². The maximum atomic E-state index is 5.16. The van der Waals surface area contributed by atoms with E-state index in [4.69, 9.17) is 4.74 Å².